The van der Waals surface area contributed by atoms with Crippen molar-refractivity contribution in [2.75, 3.05) is 0 Å². The summed E-state index contributed by atoms with van der Waals surface area (Å²) in [5.41, 5.74) is 0.494. The molecule has 0 saturated carbocycles. The van der Waals surface area contributed by atoms with Crippen LogP contribution >= 0.6 is 0 Å². The minimum Gasteiger partial charge on any atom is -0.220 e. The highest BCUT2D eigenvalue weighted by molar-refractivity contribution is 5.88. The van der Waals surface area contributed by atoms with Crippen molar-refractivity contribution >= 4 is 11.1 Å². The van der Waals surface area contributed by atoms with E-state index in [-0.39, 0.29) is 16.8 Å². The van der Waals surface area contributed by atoms with Gasteiger partial charge in [-0.2, -0.15) is 15.8 Å². The summed E-state index contributed by atoms with van der Waals surface area (Å²) < 4.78 is 1.47. The number of pyridine rings is 1. The van der Waals surface area contributed by atoms with E-state index in [4.69, 9.17) is 15.8 Å². The van der Waals surface area contributed by atoms with E-state index >= 15 is 0 Å². The second kappa shape index (κ2) is 4.14. The fourth-order valence-electron chi connectivity index (χ4n) is 1.39. The Morgan fingerprint density at radius 1 is 1.12 bits per heavy atom. The van der Waals surface area contributed by atoms with Gasteiger partial charge in [-0.15, -0.1) is 5.10 Å². The molecule has 0 N–H and O–H groups in total. The van der Waals surface area contributed by atoms with Gasteiger partial charge in [-0.05, 0) is 12.1 Å². The Balaban J connectivity index is 2.79. The molecule has 2 heterocycles. The highest BCUT2D eigenvalue weighted by Gasteiger charge is 2.15. The van der Waals surface area contributed by atoms with Crippen molar-refractivity contribution < 1.29 is 0 Å². The lowest BCUT2D eigenvalue weighted by Gasteiger charge is -1.93. The third-order valence-electron chi connectivity index (χ3n) is 2.15. The van der Waals surface area contributed by atoms with E-state index in [9.17, 15) is 0 Å². The minimum atomic E-state index is -0.265. The molecule has 0 aliphatic rings. The van der Waals surface area contributed by atoms with Crippen LogP contribution in [-0.2, 0) is 0 Å². The van der Waals surface area contributed by atoms with Crippen molar-refractivity contribution in [3.05, 3.63) is 35.7 Å². The number of nitrogens with zero attached hydrogens (tertiary/aromatic N) is 6. The zero-order chi connectivity index (χ0) is 12.3. The van der Waals surface area contributed by atoms with Crippen molar-refractivity contribution in [2.45, 2.75) is 0 Å². The third kappa shape index (κ3) is 1.58. The van der Waals surface area contributed by atoms with Gasteiger partial charge in [0, 0.05) is 6.20 Å². The number of hydrogen-bond acceptors (Lipinski definition) is 5. The molecule has 0 unspecified atom stereocenters. The predicted molar refractivity (Wildman–Crippen MR) is 56.7 cm³/mol. The van der Waals surface area contributed by atoms with Crippen LogP contribution in [0.5, 0.6) is 0 Å². The number of aromatic nitrogens is 3. The zero-order valence-electron chi connectivity index (χ0n) is 8.49. The topological polar surface area (TPSA) is 102 Å². The van der Waals surface area contributed by atoms with Crippen LogP contribution in [0.15, 0.2) is 30.0 Å². The van der Waals surface area contributed by atoms with Gasteiger partial charge in [-0.25, -0.2) is 4.52 Å². The summed E-state index contributed by atoms with van der Waals surface area (Å²) in [6, 6.07) is 10.4. The maximum absolute atomic E-state index is 9.00. The first-order valence-corrected chi connectivity index (χ1v) is 4.56. The van der Waals surface area contributed by atoms with Crippen molar-refractivity contribution in [2.24, 2.45) is 0 Å². The smallest absolute Gasteiger partial charge is 0.149 e. The molecule has 2 aromatic rings. The van der Waals surface area contributed by atoms with Crippen LogP contribution in [-0.4, -0.2) is 14.8 Å². The fourth-order valence-corrected chi connectivity index (χ4v) is 1.39. The average Bonchev–Trinajstić information content (AvgIpc) is 2.79. The Kier molecular flexibility index (Phi) is 2.52. The highest BCUT2D eigenvalue weighted by Crippen LogP contribution is 2.19. The molecule has 17 heavy (non-hydrogen) atoms. The molecule has 6 nitrogen and oxygen atoms in total. The number of hydrogen-bond donors (Lipinski definition) is 0. The fraction of sp³-hybridized carbons (Fsp3) is 0. The molecule has 0 aliphatic heterocycles. The summed E-state index contributed by atoms with van der Waals surface area (Å²) in [7, 11) is 0. The van der Waals surface area contributed by atoms with Gasteiger partial charge >= 0.3 is 0 Å². The number of nitriles is 3. The molecule has 0 atom stereocenters. The summed E-state index contributed by atoms with van der Waals surface area (Å²) in [6.45, 7) is 0. The first-order chi connectivity index (χ1) is 8.31. The van der Waals surface area contributed by atoms with Gasteiger partial charge in [0.25, 0.3) is 0 Å². The highest BCUT2D eigenvalue weighted by atomic mass is 15.4. The lowest BCUT2D eigenvalue weighted by molar-refractivity contribution is 0.853. The monoisotopic (exact) mass is 220 g/mol. The maximum atomic E-state index is 9.00. The number of rotatable bonds is 1. The maximum Gasteiger partial charge on any atom is 0.149 e. The van der Waals surface area contributed by atoms with E-state index in [1.54, 1.807) is 36.5 Å². The first kappa shape index (κ1) is 10.4. The summed E-state index contributed by atoms with van der Waals surface area (Å²) in [5.74, 6) is 0. The predicted octanol–water partition coefficient (Wildman–Crippen LogP) is 1.05. The summed E-state index contributed by atoms with van der Waals surface area (Å²) in [5, 5.41) is 34.1. The molecule has 0 radical (unpaired) electrons. The molecule has 0 spiro atoms. The van der Waals surface area contributed by atoms with Gasteiger partial charge < -0.3 is 0 Å². The van der Waals surface area contributed by atoms with Crippen molar-refractivity contribution in [1.29, 1.82) is 15.8 Å². The SMILES string of the molecule is N#CC(C#N)=C(C#N)c1nnn2ccccc12. The Bertz CT molecular complexity index is 716. The van der Waals surface area contributed by atoms with Crippen molar-refractivity contribution in [1.82, 2.24) is 14.8 Å². The largest absolute Gasteiger partial charge is 0.220 e. The van der Waals surface area contributed by atoms with Gasteiger partial charge in [0.1, 0.15) is 35.0 Å². The Hall–Kier alpha value is -3.17. The van der Waals surface area contributed by atoms with Gasteiger partial charge in [0.2, 0.25) is 0 Å². The lowest BCUT2D eigenvalue weighted by atomic mass is 10.1. The molecule has 0 aliphatic carbocycles. The molecular weight excluding hydrogens is 216 g/mol. The van der Waals surface area contributed by atoms with Gasteiger partial charge in [0.05, 0.1) is 5.52 Å². The minimum absolute atomic E-state index is 0.0591. The van der Waals surface area contributed by atoms with E-state index < -0.39 is 0 Å². The second-order valence-electron chi connectivity index (χ2n) is 3.05. The molecule has 0 fully saturated rings. The van der Waals surface area contributed by atoms with Crippen LogP contribution < -0.4 is 0 Å². The zero-order valence-corrected chi connectivity index (χ0v) is 8.49. The number of fused-ring (bicyclic) bond motifs is 1. The quantitative estimate of drug-likeness (QED) is 0.668. The second-order valence-corrected chi connectivity index (χ2v) is 3.05. The van der Waals surface area contributed by atoms with Crippen LogP contribution in [0.4, 0.5) is 0 Å². The van der Waals surface area contributed by atoms with Crippen LogP contribution in [0.3, 0.4) is 0 Å². The molecule has 78 valence electrons. The normalized spacial score (nSPS) is 9.00. The van der Waals surface area contributed by atoms with E-state index in [1.807, 2.05) is 6.07 Å². The third-order valence-corrected chi connectivity index (χ3v) is 2.15. The summed E-state index contributed by atoms with van der Waals surface area (Å²) >= 11 is 0. The Labute approximate surface area is 96.2 Å². The molecule has 0 saturated heterocycles. The number of allylic oxidation sites excluding steroid dienone is 2. The van der Waals surface area contributed by atoms with Gasteiger partial charge in [0.15, 0.2) is 0 Å². The molecule has 0 amide bonds. The standard InChI is InChI=1S/C11H4N6/c12-5-8(6-13)9(7-14)11-10-3-1-2-4-17(10)16-15-11/h1-4H. The molecular formula is C11H4N6. The summed E-state index contributed by atoms with van der Waals surface area (Å²) in [4.78, 5) is 0. The van der Waals surface area contributed by atoms with Crippen molar-refractivity contribution in [3.8, 4) is 18.2 Å². The van der Waals surface area contributed by atoms with Crippen molar-refractivity contribution in [3.63, 3.8) is 0 Å². The Morgan fingerprint density at radius 3 is 2.53 bits per heavy atom. The van der Waals surface area contributed by atoms with E-state index in [1.165, 1.54) is 4.52 Å². The van der Waals surface area contributed by atoms with Crippen LogP contribution in [0, 0.1) is 34.0 Å². The van der Waals surface area contributed by atoms with E-state index in [0.29, 0.717) is 5.52 Å². The molecule has 2 aromatic heterocycles. The van der Waals surface area contributed by atoms with Gasteiger partial charge in [-0.1, -0.05) is 11.3 Å². The van der Waals surface area contributed by atoms with E-state index in [0.717, 1.165) is 0 Å². The summed E-state index contributed by atoms with van der Waals surface area (Å²) in [6.07, 6.45) is 1.67. The lowest BCUT2D eigenvalue weighted by Crippen LogP contribution is -1.88. The molecule has 0 bridgehead atoms. The van der Waals surface area contributed by atoms with E-state index in [2.05, 4.69) is 10.3 Å². The van der Waals surface area contributed by atoms with Crippen LogP contribution in [0.1, 0.15) is 5.69 Å². The van der Waals surface area contributed by atoms with Crippen LogP contribution in [0.25, 0.3) is 11.1 Å². The first-order valence-electron chi connectivity index (χ1n) is 4.56. The van der Waals surface area contributed by atoms with Crippen LogP contribution in [0.2, 0.25) is 0 Å². The van der Waals surface area contributed by atoms with Gasteiger partial charge in [-0.3, -0.25) is 0 Å². The molecule has 0 aromatic carbocycles. The Morgan fingerprint density at radius 2 is 1.88 bits per heavy atom. The molecule has 2 rings (SSSR count). The average molecular weight is 220 g/mol. The molecule has 6 heteroatoms.